The maximum absolute atomic E-state index is 13.5. The minimum absolute atomic E-state index is 0.0836. The Balaban J connectivity index is 1.43. The van der Waals surface area contributed by atoms with Gasteiger partial charge in [0.25, 0.3) is 17.4 Å². The number of ether oxygens (including phenoxy) is 3. The summed E-state index contributed by atoms with van der Waals surface area (Å²) in [6, 6.07) is 13.6. The average molecular weight is 589 g/mol. The third kappa shape index (κ3) is 6.89. The molecular formula is C32H36N4O7. The van der Waals surface area contributed by atoms with Crippen LogP contribution in [0.2, 0.25) is 0 Å². The summed E-state index contributed by atoms with van der Waals surface area (Å²) in [6.07, 6.45) is 0.0280. The standard InChI is InChI=1S/C32H36N4O7/c1-5-41-24-13-22-14-25(15-24)43-23-8-6-7-21(12-23)18-42-27-9-10-36(16-26(27)34-28(37)17-35(4)31(22)39)32(40)29-19(2)11-20(3)33-30(29)38/h6-8,11-15,26-27H,5,9-10,16-18H2,1-4H3,(H,33,38)(H,34,37)/t26-,27+/m0/s1. The molecule has 226 valence electrons. The summed E-state index contributed by atoms with van der Waals surface area (Å²) in [5.41, 5.74) is 2.07. The van der Waals surface area contributed by atoms with Gasteiger partial charge in [0, 0.05) is 37.5 Å². The van der Waals surface area contributed by atoms with Crippen molar-refractivity contribution in [2.75, 3.05) is 33.3 Å². The number of hydrogen-bond donors (Lipinski definition) is 2. The quantitative estimate of drug-likeness (QED) is 0.481. The van der Waals surface area contributed by atoms with Crippen LogP contribution in [-0.2, 0) is 16.1 Å². The van der Waals surface area contributed by atoms with Crippen molar-refractivity contribution in [3.8, 4) is 17.2 Å². The molecule has 0 spiro atoms. The van der Waals surface area contributed by atoms with Gasteiger partial charge >= 0.3 is 0 Å². The highest BCUT2D eigenvalue weighted by atomic mass is 16.5. The van der Waals surface area contributed by atoms with E-state index in [1.807, 2.05) is 31.2 Å². The molecule has 2 aliphatic rings. The van der Waals surface area contributed by atoms with E-state index >= 15 is 0 Å². The molecule has 2 aromatic carbocycles. The van der Waals surface area contributed by atoms with Crippen LogP contribution in [0.4, 0.5) is 0 Å². The molecular weight excluding hydrogens is 552 g/mol. The van der Waals surface area contributed by atoms with Crippen LogP contribution in [0.3, 0.4) is 0 Å². The summed E-state index contributed by atoms with van der Waals surface area (Å²) in [4.78, 5) is 58.4. The Kier molecular flexibility index (Phi) is 8.81. The second-order valence-electron chi connectivity index (χ2n) is 10.9. The Hall–Kier alpha value is -4.64. The minimum Gasteiger partial charge on any atom is -0.494 e. The SMILES string of the molecule is CCOc1cc2cc(c1)C(=O)N(C)CC(=O)N[C@H]1CN(C(=O)c3c(C)cc(C)[nH]c3=O)CC[C@H]1OCc1cccc(c1)O2. The summed E-state index contributed by atoms with van der Waals surface area (Å²) >= 11 is 0. The largest absolute Gasteiger partial charge is 0.494 e. The third-order valence-electron chi connectivity index (χ3n) is 7.53. The molecule has 2 N–H and O–H groups in total. The number of amides is 3. The average Bonchev–Trinajstić information content (AvgIpc) is 2.95. The van der Waals surface area contributed by atoms with Gasteiger partial charge < -0.3 is 34.3 Å². The topological polar surface area (TPSA) is 130 Å². The Labute approximate surface area is 249 Å². The Bertz CT molecular complexity index is 1600. The number of H-pyrrole nitrogens is 1. The van der Waals surface area contributed by atoms with E-state index in [0.29, 0.717) is 53.6 Å². The van der Waals surface area contributed by atoms with Gasteiger partial charge in [-0.25, -0.2) is 0 Å². The lowest BCUT2D eigenvalue weighted by Gasteiger charge is -2.39. The van der Waals surface area contributed by atoms with Crippen molar-refractivity contribution in [1.29, 1.82) is 0 Å². The molecule has 43 heavy (non-hydrogen) atoms. The second kappa shape index (κ2) is 12.7. The number of rotatable bonds is 3. The molecule has 11 nitrogen and oxygen atoms in total. The number of aryl methyl sites for hydroxylation is 2. The van der Waals surface area contributed by atoms with Gasteiger partial charge in [0.05, 0.1) is 31.9 Å². The summed E-state index contributed by atoms with van der Waals surface area (Å²) in [5.74, 6) is 0.277. The number of likely N-dealkylation sites (N-methyl/N-ethyl adjacent to an activating group) is 1. The first-order valence-electron chi connectivity index (χ1n) is 14.3. The van der Waals surface area contributed by atoms with Crippen LogP contribution in [0.25, 0.3) is 0 Å². The predicted octanol–water partition coefficient (Wildman–Crippen LogP) is 3.18. The number of aromatic amines is 1. The zero-order valence-corrected chi connectivity index (χ0v) is 24.8. The lowest BCUT2D eigenvalue weighted by atomic mass is 9.99. The molecule has 0 saturated carbocycles. The predicted molar refractivity (Wildman–Crippen MR) is 159 cm³/mol. The number of carbonyl (C=O) groups is 3. The monoisotopic (exact) mass is 588 g/mol. The Morgan fingerprint density at radius 2 is 1.88 bits per heavy atom. The lowest BCUT2D eigenvalue weighted by Crippen LogP contribution is -2.58. The van der Waals surface area contributed by atoms with E-state index in [1.54, 1.807) is 50.1 Å². The van der Waals surface area contributed by atoms with E-state index in [-0.39, 0.29) is 31.2 Å². The number of nitrogens with zero attached hydrogens (tertiary/aromatic N) is 2. The summed E-state index contributed by atoms with van der Waals surface area (Å²) < 4.78 is 18.1. The van der Waals surface area contributed by atoms with E-state index < -0.39 is 29.5 Å². The zero-order valence-electron chi connectivity index (χ0n) is 24.8. The first-order valence-corrected chi connectivity index (χ1v) is 14.3. The highest BCUT2D eigenvalue weighted by molar-refractivity contribution is 5.97. The van der Waals surface area contributed by atoms with Gasteiger partial charge in [-0.15, -0.1) is 0 Å². The molecule has 0 radical (unpaired) electrons. The molecule has 0 aliphatic carbocycles. The van der Waals surface area contributed by atoms with E-state index in [9.17, 15) is 19.2 Å². The highest BCUT2D eigenvalue weighted by Gasteiger charge is 2.35. The molecule has 0 unspecified atom stereocenters. The number of benzene rings is 2. The molecule has 3 heterocycles. The maximum atomic E-state index is 13.5. The van der Waals surface area contributed by atoms with Gasteiger partial charge in [0.15, 0.2) is 0 Å². The molecule has 3 aromatic rings. The molecule has 4 bridgehead atoms. The number of fused-ring (bicyclic) bond motifs is 5. The van der Waals surface area contributed by atoms with E-state index in [2.05, 4.69) is 10.3 Å². The van der Waals surface area contributed by atoms with Crippen LogP contribution in [0.1, 0.15) is 50.9 Å². The summed E-state index contributed by atoms with van der Waals surface area (Å²) in [6.45, 7) is 6.27. The number of hydrogen-bond acceptors (Lipinski definition) is 7. The van der Waals surface area contributed by atoms with Crippen LogP contribution < -0.4 is 20.3 Å². The molecule has 3 amide bonds. The minimum atomic E-state index is -0.571. The first kappa shape index (κ1) is 29.8. The smallest absolute Gasteiger partial charge is 0.261 e. The van der Waals surface area contributed by atoms with Crippen molar-refractivity contribution < 1.29 is 28.6 Å². The van der Waals surface area contributed by atoms with E-state index in [0.717, 1.165) is 5.56 Å². The fourth-order valence-electron chi connectivity index (χ4n) is 5.53. The zero-order chi connectivity index (χ0) is 30.7. The van der Waals surface area contributed by atoms with Crippen molar-refractivity contribution in [2.24, 2.45) is 0 Å². The number of nitrogens with one attached hydrogen (secondary N) is 2. The van der Waals surface area contributed by atoms with Crippen molar-refractivity contribution in [3.05, 3.63) is 86.8 Å². The van der Waals surface area contributed by atoms with Gasteiger partial charge in [0.2, 0.25) is 5.91 Å². The number of aromatic nitrogens is 1. The normalized spacial score (nSPS) is 19.3. The number of carbonyl (C=O) groups excluding carboxylic acids is 3. The van der Waals surface area contributed by atoms with Gasteiger partial charge in [-0.05, 0) is 68.7 Å². The fourth-order valence-corrected chi connectivity index (χ4v) is 5.53. The van der Waals surface area contributed by atoms with Crippen LogP contribution in [0, 0.1) is 13.8 Å². The molecule has 11 heteroatoms. The Morgan fingerprint density at radius 3 is 2.65 bits per heavy atom. The maximum Gasteiger partial charge on any atom is 0.261 e. The lowest BCUT2D eigenvalue weighted by molar-refractivity contribution is -0.124. The van der Waals surface area contributed by atoms with Gasteiger partial charge in [-0.3, -0.25) is 19.2 Å². The van der Waals surface area contributed by atoms with Gasteiger partial charge in [-0.2, -0.15) is 0 Å². The van der Waals surface area contributed by atoms with Gasteiger partial charge in [-0.1, -0.05) is 12.1 Å². The van der Waals surface area contributed by atoms with Crippen molar-refractivity contribution in [3.63, 3.8) is 0 Å². The van der Waals surface area contributed by atoms with Crippen molar-refractivity contribution >= 4 is 17.7 Å². The molecule has 1 aromatic heterocycles. The molecule has 1 saturated heterocycles. The van der Waals surface area contributed by atoms with Crippen molar-refractivity contribution in [2.45, 2.75) is 45.9 Å². The molecule has 2 atom stereocenters. The van der Waals surface area contributed by atoms with Crippen LogP contribution in [-0.4, -0.2) is 77.9 Å². The molecule has 5 rings (SSSR count). The summed E-state index contributed by atoms with van der Waals surface area (Å²) in [5, 5.41) is 2.98. The van der Waals surface area contributed by atoms with Gasteiger partial charge in [0.1, 0.15) is 22.8 Å². The number of piperidine rings is 1. The van der Waals surface area contributed by atoms with E-state index in [4.69, 9.17) is 14.2 Å². The highest BCUT2D eigenvalue weighted by Crippen LogP contribution is 2.29. The molecule has 1 fully saturated rings. The van der Waals surface area contributed by atoms with Crippen LogP contribution >= 0.6 is 0 Å². The van der Waals surface area contributed by atoms with Crippen LogP contribution in [0.5, 0.6) is 17.2 Å². The molecule has 2 aliphatic heterocycles. The summed E-state index contributed by atoms with van der Waals surface area (Å²) in [7, 11) is 1.54. The fraction of sp³-hybridized carbons (Fsp3) is 0.375. The Morgan fingerprint density at radius 1 is 1.07 bits per heavy atom. The van der Waals surface area contributed by atoms with Crippen LogP contribution in [0.15, 0.2) is 53.3 Å². The number of pyridine rings is 1. The third-order valence-corrected chi connectivity index (χ3v) is 7.53. The number of likely N-dealkylation sites (tertiary alicyclic amines) is 1. The first-order chi connectivity index (χ1) is 20.6. The second-order valence-corrected chi connectivity index (χ2v) is 10.9. The van der Waals surface area contributed by atoms with E-state index in [1.165, 1.54) is 4.90 Å². The van der Waals surface area contributed by atoms with Crippen molar-refractivity contribution in [1.82, 2.24) is 20.1 Å².